The zero-order chi connectivity index (χ0) is 12.1. The molecule has 5 heteroatoms. The zero-order valence-electron chi connectivity index (χ0n) is 9.56. The number of carboxylic acids is 2. The third-order valence-corrected chi connectivity index (χ3v) is 3.10. The molecule has 92 valence electrons. The molecule has 0 bridgehead atoms. The Morgan fingerprint density at radius 3 is 2.38 bits per heavy atom. The summed E-state index contributed by atoms with van der Waals surface area (Å²) in [4.78, 5) is 23.3. The van der Waals surface area contributed by atoms with E-state index in [1.165, 1.54) is 19.3 Å². The van der Waals surface area contributed by atoms with Gasteiger partial charge in [-0.25, -0.2) is 0 Å². The van der Waals surface area contributed by atoms with Gasteiger partial charge in [0.25, 0.3) is 0 Å². The van der Waals surface area contributed by atoms with Crippen molar-refractivity contribution in [2.45, 2.75) is 25.7 Å². The first kappa shape index (κ1) is 13.0. The summed E-state index contributed by atoms with van der Waals surface area (Å²) in [7, 11) is 1.86. The highest BCUT2D eigenvalue weighted by Crippen LogP contribution is 2.26. The summed E-state index contributed by atoms with van der Waals surface area (Å²) >= 11 is 0. The Morgan fingerprint density at radius 1 is 1.38 bits per heavy atom. The molecule has 0 aromatic heterocycles. The maximum atomic E-state index is 10.8. The molecule has 0 aromatic carbocycles. The third-order valence-electron chi connectivity index (χ3n) is 3.10. The lowest BCUT2D eigenvalue weighted by Gasteiger charge is -2.31. The molecule has 0 aromatic rings. The molecule has 1 rings (SSSR count). The van der Waals surface area contributed by atoms with Crippen molar-refractivity contribution in [2.75, 3.05) is 20.1 Å². The lowest BCUT2D eigenvalue weighted by molar-refractivity contribution is -0.148. The number of hydrogen-bond acceptors (Lipinski definition) is 3. The summed E-state index contributed by atoms with van der Waals surface area (Å²) in [5, 5.41) is 17.5. The quantitative estimate of drug-likeness (QED) is 0.678. The van der Waals surface area contributed by atoms with Crippen molar-refractivity contribution in [1.82, 2.24) is 4.90 Å². The largest absolute Gasteiger partial charge is 0.481 e. The van der Waals surface area contributed by atoms with Crippen LogP contribution in [0.5, 0.6) is 0 Å². The average molecular weight is 229 g/mol. The molecule has 1 aliphatic carbocycles. The second-order valence-corrected chi connectivity index (χ2v) is 4.65. The van der Waals surface area contributed by atoms with E-state index in [0.717, 1.165) is 6.54 Å². The van der Waals surface area contributed by atoms with Gasteiger partial charge < -0.3 is 15.1 Å². The highest BCUT2D eigenvalue weighted by Gasteiger charge is 2.25. The van der Waals surface area contributed by atoms with Crippen molar-refractivity contribution < 1.29 is 19.8 Å². The summed E-state index contributed by atoms with van der Waals surface area (Å²) in [6, 6.07) is 0. The molecule has 1 fully saturated rings. The number of aliphatic carboxylic acids is 2. The standard InChI is InChI=1S/C11H19NO4/c1-12(6-8-3-2-4-8)7-9(11(15)16)5-10(13)14/h8-9H,2-7H2,1H3,(H,13,14)(H,15,16). The highest BCUT2D eigenvalue weighted by atomic mass is 16.4. The fraction of sp³-hybridized carbons (Fsp3) is 0.818. The van der Waals surface area contributed by atoms with Crippen LogP contribution in [0, 0.1) is 11.8 Å². The number of carboxylic acid groups (broad SMARTS) is 2. The van der Waals surface area contributed by atoms with Crippen LogP contribution in [0.4, 0.5) is 0 Å². The zero-order valence-corrected chi connectivity index (χ0v) is 9.56. The fourth-order valence-corrected chi connectivity index (χ4v) is 2.01. The monoisotopic (exact) mass is 229 g/mol. The first-order chi connectivity index (χ1) is 7.49. The van der Waals surface area contributed by atoms with Crippen molar-refractivity contribution in [1.29, 1.82) is 0 Å². The molecular weight excluding hydrogens is 210 g/mol. The Kier molecular flexibility index (Phi) is 4.73. The molecule has 1 unspecified atom stereocenters. The Labute approximate surface area is 95.1 Å². The van der Waals surface area contributed by atoms with Crippen LogP contribution in [-0.4, -0.2) is 47.2 Å². The van der Waals surface area contributed by atoms with Gasteiger partial charge in [0, 0.05) is 13.1 Å². The number of carbonyl (C=O) groups is 2. The molecule has 2 N–H and O–H groups in total. The summed E-state index contributed by atoms with van der Waals surface area (Å²) in [6.07, 6.45) is 3.38. The lowest BCUT2D eigenvalue weighted by atomic mass is 9.85. The van der Waals surface area contributed by atoms with E-state index in [1.54, 1.807) is 0 Å². The van der Waals surface area contributed by atoms with E-state index in [9.17, 15) is 9.59 Å². The minimum absolute atomic E-state index is 0.301. The normalized spacial score (nSPS) is 18.1. The van der Waals surface area contributed by atoms with Gasteiger partial charge in [0.15, 0.2) is 0 Å². The van der Waals surface area contributed by atoms with Crippen LogP contribution in [0.1, 0.15) is 25.7 Å². The number of nitrogens with zero attached hydrogens (tertiary/aromatic N) is 1. The van der Waals surface area contributed by atoms with Crippen LogP contribution in [0.25, 0.3) is 0 Å². The Bertz CT molecular complexity index is 263. The number of rotatable bonds is 7. The first-order valence-corrected chi connectivity index (χ1v) is 5.62. The van der Waals surface area contributed by atoms with Crippen LogP contribution in [0.3, 0.4) is 0 Å². The summed E-state index contributed by atoms with van der Waals surface area (Å²) in [6.45, 7) is 1.20. The van der Waals surface area contributed by atoms with Gasteiger partial charge >= 0.3 is 11.9 Å². The minimum Gasteiger partial charge on any atom is -0.481 e. The fourth-order valence-electron chi connectivity index (χ4n) is 2.01. The molecule has 0 heterocycles. The molecule has 0 aliphatic heterocycles. The van der Waals surface area contributed by atoms with Crippen LogP contribution in [0.2, 0.25) is 0 Å². The van der Waals surface area contributed by atoms with Crippen molar-refractivity contribution in [3.63, 3.8) is 0 Å². The van der Waals surface area contributed by atoms with Gasteiger partial charge in [0.2, 0.25) is 0 Å². The van der Waals surface area contributed by atoms with Crippen molar-refractivity contribution in [3.05, 3.63) is 0 Å². The molecule has 0 amide bonds. The van der Waals surface area contributed by atoms with Crippen LogP contribution < -0.4 is 0 Å². The smallest absolute Gasteiger partial charge is 0.308 e. The number of hydrogen-bond donors (Lipinski definition) is 2. The molecule has 0 radical (unpaired) electrons. The summed E-state index contributed by atoms with van der Waals surface area (Å²) in [5.74, 6) is -2.21. The van der Waals surface area contributed by atoms with Crippen molar-refractivity contribution in [2.24, 2.45) is 11.8 Å². The maximum absolute atomic E-state index is 10.8. The van der Waals surface area contributed by atoms with Gasteiger partial charge in [-0.1, -0.05) is 6.42 Å². The SMILES string of the molecule is CN(CC1CCC1)CC(CC(=O)O)C(=O)O. The Balaban J connectivity index is 2.34. The van der Waals surface area contributed by atoms with Gasteiger partial charge in [0.1, 0.15) is 0 Å². The maximum Gasteiger partial charge on any atom is 0.308 e. The van der Waals surface area contributed by atoms with Crippen molar-refractivity contribution in [3.8, 4) is 0 Å². The molecule has 5 nitrogen and oxygen atoms in total. The van der Waals surface area contributed by atoms with Gasteiger partial charge in [-0.05, 0) is 25.8 Å². The molecule has 1 saturated carbocycles. The van der Waals surface area contributed by atoms with Crippen LogP contribution >= 0.6 is 0 Å². The molecule has 1 atom stereocenters. The van der Waals surface area contributed by atoms with E-state index in [2.05, 4.69) is 0 Å². The molecule has 16 heavy (non-hydrogen) atoms. The lowest BCUT2D eigenvalue weighted by Crippen LogP contribution is -2.36. The topological polar surface area (TPSA) is 77.8 Å². The summed E-state index contributed by atoms with van der Waals surface area (Å²) < 4.78 is 0. The van der Waals surface area contributed by atoms with E-state index < -0.39 is 17.9 Å². The van der Waals surface area contributed by atoms with Gasteiger partial charge in [-0.3, -0.25) is 9.59 Å². The third kappa shape index (κ3) is 4.18. The Morgan fingerprint density at radius 2 is 2.00 bits per heavy atom. The van der Waals surface area contributed by atoms with E-state index in [4.69, 9.17) is 10.2 Å². The summed E-state index contributed by atoms with van der Waals surface area (Å²) in [5.41, 5.74) is 0. The second kappa shape index (κ2) is 5.84. The van der Waals surface area contributed by atoms with Gasteiger partial charge in [0.05, 0.1) is 12.3 Å². The molecule has 0 spiro atoms. The minimum atomic E-state index is -1.05. The van der Waals surface area contributed by atoms with E-state index >= 15 is 0 Å². The first-order valence-electron chi connectivity index (χ1n) is 5.62. The van der Waals surface area contributed by atoms with Gasteiger partial charge in [-0.15, -0.1) is 0 Å². The molecule has 1 aliphatic rings. The van der Waals surface area contributed by atoms with E-state index in [-0.39, 0.29) is 6.42 Å². The average Bonchev–Trinajstić information content (AvgIpc) is 2.09. The van der Waals surface area contributed by atoms with E-state index in [1.807, 2.05) is 11.9 Å². The Hall–Kier alpha value is -1.10. The highest BCUT2D eigenvalue weighted by molar-refractivity contribution is 5.77. The second-order valence-electron chi connectivity index (χ2n) is 4.65. The molecular formula is C11H19NO4. The predicted molar refractivity (Wildman–Crippen MR) is 58.2 cm³/mol. The van der Waals surface area contributed by atoms with Crippen LogP contribution in [-0.2, 0) is 9.59 Å². The molecule has 0 saturated heterocycles. The van der Waals surface area contributed by atoms with Crippen LogP contribution in [0.15, 0.2) is 0 Å². The predicted octanol–water partition coefficient (Wildman–Crippen LogP) is 0.894. The van der Waals surface area contributed by atoms with E-state index in [0.29, 0.717) is 12.5 Å². The van der Waals surface area contributed by atoms with Crippen molar-refractivity contribution >= 4 is 11.9 Å². The van der Waals surface area contributed by atoms with Gasteiger partial charge in [-0.2, -0.15) is 0 Å².